The van der Waals surface area contributed by atoms with Gasteiger partial charge in [-0.05, 0) is 62.1 Å². The summed E-state index contributed by atoms with van der Waals surface area (Å²) in [4.78, 5) is 24.5. The van der Waals surface area contributed by atoms with Gasteiger partial charge in [-0.25, -0.2) is 4.79 Å². The predicted octanol–water partition coefficient (Wildman–Crippen LogP) is 4.19. The van der Waals surface area contributed by atoms with Gasteiger partial charge in [-0.3, -0.25) is 4.79 Å². The number of anilines is 1. The summed E-state index contributed by atoms with van der Waals surface area (Å²) in [5.41, 5.74) is 3.78. The minimum absolute atomic E-state index is 0.251. The molecule has 0 radical (unpaired) electrons. The van der Waals surface area contributed by atoms with Crippen molar-refractivity contribution in [1.82, 2.24) is 0 Å². The Morgan fingerprint density at radius 1 is 1.04 bits per heavy atom. The maximum atomic E-state index is 12.7. The van der Waals surface area contributed by atoms with Crippen LogP contribution in [0, 0.1) is 20.8 Å². The molecule has 5 heteroatoms. The first-order valence-corrected chi connectivity index (χ1v) is 8.60. The highest BCUT2D eigenvalue weighted by atomic mass is 16.5. The highest BCUT2D eigenvalue weighted by Gasteiger charge is 2.21. The number of hydrogen-bond donors (Lipinski definition) is 1. The topological polar surface area (TPSA) is 64.6 Å². The maximum absolute atomic E-state index is 12.7. The van der Waals surface area contributed by atoms with Crippen LogP contribution in [-0.4, -0.2) is 25.1 Å². The van der Waals surface area contributed by atoms with Crippen LogP contribution in [0.15, 0.2) is 36.4 Å². The van der Waals surface area contributed by atoms with Crippen LogP contribution in [0.2, 0.25) is 0 Å². The smallest absolute Gasteiger partial charge is 0.338 e. The summed E-state index contributed by atoms with van der Waals surface area (Å²) in [6, 6.07) is 10.9. The summed E-state index contributed by atoms with van der Waals surface area (Å²) >= 11 is 0. The number of ether oxygens (including phenoxy) is 2. The highest BCUT2D eigenvalue weighted by molar-refractivity contribution is 5.98. The van der Waals surface area contributed by atoms with E-state index in [1.807, 2.05) is 39.0 Å². The summed E-state index contributed by atoms with van der Waals surface area (Å²) in [5.74, 6) is 0.0165. The standard InChI is InChI=1S/C21H25NO4/c1-6-18(26-19-12-7-9-13(2)14(19)3)20(23)22-17-11-8-10-16(15(17)4)21(24)25-5/h7-12,18H,6H2,1-5H3,(H,22,23)/t18-/m0/s1. The molecule has 2 aromatic carbocycles. The van der Waals surface area contributed by atoms with E-state index in [4.69, 9.17) is 9.47 Å². The van der Waals surface area contributed by atoms with Crippen molar-refractivity contribution in [1.29, 1.82) is 0 Å². The van der Waals surface area contributed by atoms with E-state index in [1.165, 1.54) is 7.11 Å². The Bertz CT molecular complexity index is 814. The van der Waals surface area contributed by atoms with E-state index in [9.17, 15) is 9.59 Å². The molecule has 0 fully saturated rings. The quantitative estimate of drug-likeness (QED) is 0.789. The van der Waals surface area contributed by atoms with E-state index in [0.29, 0.717) is 29.0 Å². The van der Waals surface area contributed by atoms with Gasteiger partial charge in [-0.1, -0.05) is 25.1 Å². The lowest BCUT2D eigenvalue weighted by Crippen LogP contribution is -2.33. The van der Waals surface area contributed by atoms with Crippen molar-refractivity contribution >= 4 is 17.6 Å². The molecule has 5 nitrogen and oxygen atoms in total. The fourth-order valence-corrected chi connectivity index (χ4v) is 2.64. The zero-order valence-corrected chi connectivity index (χ0v) is 15.9. The number of carbonyl (C=O) groups excluding carboxylic acids is 2. The largest absolute Gasteiger partial charge is 0.480 e. The van der Waals surface area contributed by atoms with Gasteiger partial charge in [0, 0.05) is 5.69 Å². The van der Waals surface area contributed by atoms with Gasteiger partial charge in [0.1, 0.15) is 5.75 Å². The molecule has 1 atom stereocenters. The number of nitrogens with one attached hydrogen (secondary N) is 1. The first kappa shape index (κ1) is 19.5. The van der Waals surface area contributed by atoms with Crippen molar-refractivity contribution in [2.75, 3.05) is 12.4 Å². The molecular formula is C21H25NO4. The van der Waals surface area contributed by atoms with Gasteiger partial charge in [0.2, 0.25) is 0 Å². The van der Waals surface area contributed by atoms with Crippen molar-refractivity contribution in [2.45, 2.75) is 40.2 Å². The van der Waals surface area contributed by atoms with Crippen LogP contribution in [0.25, 0.3) is 0 Å². The molecule has 0 spiro atoms. The molecule has 0 unspecified atom stereocenters. The minimum Gasteiger partial charge on any atom is -0.480 e. The molecule has 138 valence electrons. The molecule has 2 aromatic rings. The lowest BCUT2D eigenvalue weighted by molar-refractivity contribution is -0.122. The maximum Gasteiger partial charge on any atom is 0.338 e. The zero-order chi connectivity index (χ0) is 19.3. The summed E-state index contributed by atoms with van der Waals surface area (Å²) < 4.78 is 10.7. The lowest BCUT2D eigenvalue weighted by atomic mass is 10.1. The fraction of sp³-hybridized carbons (Fsp3) is 0.333. The summed E-state index contributed by atoms with van der Waals surface area (Å²) in [6.45, 7) is 7.64. The number of benzene rings is 2. The fourth-order valence-electron chi connectivity index (χ4n) is 2.64. The van der Waals surface area contributed by atoms with Gasteiger partial charge in [0.25, 0.3) is 5.91 Å². The molecule has 26 heavy (non-hydrogen) atoms. The van der Waals surface area contributed by atoms with E-state index in [0.717, 1.165) is 11.1 Å². The first-order chi connectivity index (χ1) is 12.4. The molecule has 0 aliphatic carbocycles. The SMILES string of the molecule is CC[C@H](Oc1cccc(C)c1C)C(=O)Nc1cccc(C(=O)OC)c1C. The van der Waals surface area contributed by atoms with Crippen molar-refractivity contribution in [3.05, 3.63) is 58.7 Å². The third kappa shape index (κ3) is 4.23. The van der Waals surface area contributed by atoms with Crippen LogP contribution >= 0.6 is 0 Å². The van der Waals surface area contributed by atoms with E-state index < -0.39 is 12.1 Å². The Morgan fingerprint density at radius 3 is 2.38 bits per heavy atom. The molecule has 0 bridgehead atoms. The average molecular weight is 355 g/mol. The van der Waals surface area contributed by atoms with E-state index in [-0.39, 0.29) is 5.91 Å². The van der Waals surface area contributed by atoms with Crippen molar-refractivity contribution in [3.8, 4) is 5.75 Å². The van der Waals surface area contributed by atoms with Crippen molar-refractivity contribution < 1.29 is 19.1 Å². The van der Waals surface area contributed by atoms with Crippen LogP contribution < -0.4 is 10.1 Å². The van der Waals surface area contributed by atoms with Crippen LogP contribution in [0.1, 0.15) is 40.4 Å². The van der Waals surface area contributed by atoms with Gasteiger partial charge in [0.05, 0.1) is 12.7 Å². The van der Waals surface area contributed by atoms with Gasteiger partial charge in [-0.2, -0.15) is 0 Å². The first-order valence-electron chi connectivity index (χ1n) is 8.60. The normalized spacial score (nSPS) is 11.6. The Morgan fingerprint density at radius 2 is 1.73 bits per heavy atom. The number of aryl methyl sites for hydroxylation is 1. The monoisotopic (exact) mass is 355 g/mol. The van der Waals surface area contributed by atoms with Crippen LogP contribution in [0.4, 0.5) is 5.69 Å². The Kier molecular flexibility index (Phi) is 6.39. The molecule has 2 rings (SSSR count). The summed E-state index contributed by atoms with van der Waals surface area (Å²) in [6.07, 6.45) is -0.105. The van der Waals surface area contributed by atoms with E-state index in [1.54, 1.807) is 25.1 Å². The van der Waals surface area contributed by atoms with Crippen molar-refractivity contribution in [3.63, 3.8) is 0 Å². The minimum atomic E-state index is -0.628. The van der Waals surface area contributed by atoms with E-state index >= 15 is 0 Å². The molecule has 0 saturated carbocycles. The molecule has 0 aliphatic rings. The Balaban J connectivity index is 2.20. The van der Waals surface area contributed by atoms with E-state index in [2.05, 4.69) is 5.32 Å². The number of carbonyl (C=O) groups is 2. The second-order valence-electron chi connectivity index (χ2n) is 6.17. The van der Waals surface area contributed by atoms with Crippen molar-refractivity contribution in [2.24, 2.45) is 0 Å². The molecule has 0 aliphatic heterocycles. The zero-order valence-electron chi connectivity index (χ0n) is 15.9. The average Bonchev–Trinajstić information content (AvgIpc) is 2.63. The highest BCUT2D eigenvalue weighted by Crippen LogP contribution is 2.24. The number of esters is 1. The Hall–Kier alpha value is -2.82. The molecule has 1 N–H and O–H groups in total. The molecule has 0 aromatic heterocycles. The van der Waals surface area contributed by atoms with Gasteiger partial charge >= 0.3 is 5.97 Å². The van der Waals surface area contributed by atoms with Gasteiger partial charge in [-0.15, -0.1) is 0 Å². The third-order valence-corrected chi connectivity index (χ3v) is 4.48. The predicted molar refractivity (Wildman–Crippen MR) is 102 cm³/mol. The van der Waals surface area contributed by atoms with Crippen LogP contribution in [-0.2, 0) is 9.53 Å². The van der Waals surface area contributed by atoms with Gasteiger partial charge in [0.15, 0.2) is 6.10 Å². The van der Waals surface area contributed by atoms with Crippen LogP contribution in [0.3, 0.4) is 0 Å². The lowest BCUT2D eigenvalue weighted by Gasteiger charge is -2.20. The second-order valence-corrected chi connectivity index (χ2v) is 6.17. The third-order valence-electron chi connectivity index (χ3n) is 4.48. The second kappa shape index (κ2) is 8.52. The Labute approximate surface area is 154 Å². The number of hydrogen-bond acceptors (Lipinski definition) is 4. The van der Waals surface area contributed by atoms with Gasteiger partial charge < -0.3 is 14.8 Å². The summed E-state index contributed by atoms with van der Waals surface area (Å²) in [5, 5.41) is 2.86. The molecule has 0 saturated heterocycles. The summed E-state index contributed by atoms with van der Waals surface area (Å²) in [7, 11) is 1.33. The molecule has 0 heterocycles. The van der Waals surface area contributed by atoms with Crippen LogP contribution in [0.5, 0.6) is 5.75 Å². The number of methoxy groups -OCH3 is 1. The molecular weight excluding hydrogens is 330 g/mol. The molecule has 1 amide bonds. The number of rotatable bonds is 6. The number of amides is 1.